The predicted molar refractivity (Wildman–Crippen MR) is 99.6 cm³/mol. The normalized spacial score (nSPS) is 12.0. The molecule has 0 fully saturated rings. The molecule has 0 N–H and O–H groups in total. The Morgan fingerprint density at radius 1 is 1.16 bits per heavy atom. The Balaban J connectivity index is 1.80. The van der Waals surface area contributed by atoms with Crippen LogP contribution in [-0.4, -0.2) is 32.8 Å². The zero-order valence-corrected chi connectivity index (χ0v) is 15.5. The van der Waals surface area contributed by atoms with Gasteiger partial charge in [0.15, 0.2) is 0 Å². The summed E-state index contributed by atoms with van der Waals surface area (Å²) in [5.74, 6) is -0.0325. The average Bonchev–Trinajstić information content (AvgIpc) is 2.99. The molecule has 0 saturated carbocycles. The Labute approximate surface area is 151 Å². The lowest BCUT2D eigenvalue weighted by Crippen LogP contribution is -2.30. The Morgan fingerprint density at radius 2 is 1.88 bits per heavy atom. The molecule has 0 spiro atoms. The Kier molecular flexibility index (Phi) is 4.90. The molecule has 0 aliphatic rings. The van der Waals surface area contributed by atoms with Crippen molar-refractivity contribution in [2.24, 2.45) is 0 Å². The molecule has 0 radical (unpaired) electrons. The first kappa shape index (κ1) is 17.2. The fourth-order valence-corrected chi connectivity index (χ4v) is 3.61. The van der Waals surface area contributed by atoms with Gasteiger partial charge in [0.05, 0.1) is 27.3 Å². The zero-order valence-electron chi connectivity index (χ0n) is 14.7. The smallest absolute Gasteiger partial charge is 0.254 e. The summed E-state index contributed by atoms with van der Waals surface area (Å²) < 4.78 is 0. The van der Waals surface area contributed by atoms with Gasteiger partial charge in [-0.05, 0) is 44.5 Å². The Hall–Kier alpha value is -2.60. The summed E-state index contributed by atoms with van der Waals surface area (Å²) in [5.41, 5.74) is 3.59. The van der Waals surface area contributed by atoms with Gasteiger partial charge in [-0.1, -0.05) is 12.1 Å². The van der Waals surface area contributed by atoms with Gasteiger partial charge in [0.2, 0.25) is 0 Å². The van der Waals surface area contributed by atoms with Crippen LogP contribution in [-0.2, 0) is 0 Å². The quantitative estimate of drug-likeness (QED) is 0.711. The first-order chi connectivity index (χ1) is 12.0. The number of carbonyl (C=O) groups excluding carboxylic acids is 1. The molecule has 0 bridgehead atoms. The van der Waals surface area contributed by atoms with Gasteiger partial charge >= 0.3 is 0 Å². The van der Waals surface area contributed by atoms with E-state index in [1.54, 1.807) is 29.5 Å². The summed E-state index contributed by atoms with van der Waals surface area (Å²) in [7, 11) is 1.79. The van der Waals surface area contributed by atoms with Gasteiger partial charge < -0.3 is 4.90 Å². The van der Waals surface area contributed by atoms with Gasteiger partial charge in [-0.2, -0.15) is 0 Å². The number of hydrogen-bond acceptors (Lipinski definition) is 5. The maximum Gasteiger partial charge on any atom is 0.254 e. The second-order valence-corrected chi connectivity index (χ2v) is 7.15. The highest BCUT2D eigenvalue weighted by Gasteiger charge is 2.20. The number of nitrogens with zero attached hydrogens (tertiary/aromatic N) is 4. The van der Waals surface area contributed by atoms with Crippen molar-refractivity contribution in [1.82, 2.24) is 19.9 Å². The van der Waals surface area contributed by atoms with E-state index in [0.29, 0.717) is 5.56 Å². The van der Waals surface area contributed by atoms with E-state index in [2.05, 4.69) is 15.0 Å². The van der Waals surface area contributed by atoms with Crippen LogP contribution in [0.5, 0.6) is 0 Å². The summed E-state index contributed by atoms with van der Waals surface area (Å²) in [6.07, 6.45) is 3.18. The second kappa shape index (κ2) is 7.11. The van der Waals surface area contributed by atoms with Gasteiger partial charge in [-0.25, -0.2) is 15.0 Å². The monoisotopic (exact) mass is 352 g/mol. The molecule has 3 rings (SSSR count). The maximum atomic E-state index is 12.8. The largest absolute Gasteiger partial charge is 0.333 e. The molecular weight excluding hydrogens is 332 g/mol. The first-order valence-electron chi connectivity index (χ1n) is 8.05. The molecule has 5 nitrogen and oxygen atoms in total. The number of amides is 1. The number of aromatic nitrogens is 3. The van der Waals surface area contributed by atoms with Crippen molar-refractivity contribution in [3.05, 3.63) is 64.8 Å². The molecule has 2 heterocycles. The fraction of sp³-hybridized carbons (Fsp3) is 0.263. The lowest BCUT2D eigenvalue weighted by atomic mass is 10.1. The molecule has 1 atom stereocenters. The van der Waals surface area contributed by atoms with Crippen molar-refractivity contribution in [2.75, 3.05) is 7.05 Å². The minimum absolute atomic E-state index is 0.0325. The molecule has 6 heteroatoms. The molecule has 2 aromatic heterocycles. The Morgan fingerprint density at radius 3 is 2.44 bits per heavy atom. The minimum Gasteiger partial charge on any atom is -0.333 e. The van der Waals surface area contributed by atoms with Crippen LogP contribution < -0.4 is 0 Å². The molecule has 0 aliphatic heterocycles. The molecule has 0 unspecified atom stereocenters. The van der Waals surface area contributed by atoms with E-state index in [-0.39, 0.29) is 11.9 Å². The summed E-state index contributed by atoms with van der Waals surface area (Å²) >= 11 is 1.67. The molecule has 25 heavy (non-hydrogen) atoms. The number of rotatable bonds is 4. The van der Waals surface area contributed by atoms with Gasteiger partial charge in [-0.15, -0.1) is 11.3 Å². The standard InChI is InChI=1S/C19H20N4OS/c1-12-18(25-14(3)22-12)15-5-7-16(8-6-15)19(24)23(4)13(2)17-9-10-20-11-21-17/h5-11,13H,1-4H3/t13-/m1/s1. The first-order valence-corrected chi connectivity index (χ1v) is 8.86. The maximum absolute atomic E-state index is 12.8. The van der Waals surface area contributed by atoms with Crippen LogP contribution in [0.2, 0.25) is 0 Å². The van der Waals surface area contributed by atoms with E-state index in [1.807, 2.05) is 51.1 Å². The fourth-order valence-electron chi connectivity index (χ4n) is 2.69. The van der Waals surface area contributed by atoms with Crippen molar-refractivity contribution in [3.8, 4) is 10.4 Å². The molecule has 1 amide bonds. The number of aryl methyl sites for hydroxylation is 2. The zero-order chi connectivity index (χ0) is 18.0. The van der Waals surface area contributed by atoms with Crippen molar-refractivity contribution in [2.45, 2.75) is 26.8 Å². The van der Waals surface area contributed by atoms with Crippen LogP contribution >= 0.6 is 11.3 Å². The van der Waals surface area contributed by atoms with E-state index in [0.717, 1.165) is 26.8 Å². The van der Waals surface area contributed by atoms with Crippen LogP contribution in [0.4, 0.5) is 0 Å². The third kappa shape index (κ3) is 3.58. The third-order valence-electron chi connectivity index (χ3n) is 4.23. The minimum atomic E-state index is -0.124. The molecule has 128 valence electrons. The van der Waals surface area contributed by atoms with Crippen molar-refractivity contribution in [1.29, 1.82) is 0 Å². The molecule has 1 aromatic carbocycles. The van der Waals surface area contributed by atoms with Crippen LogP contribution in [0.15, 0.2) is 42.9 Å². The van der Waals surface area contributed by atoms with E-state index >= 15 is 0 Å². The van der Waals surface area contributed by atoms with Crippen molar-refractivity contribution >= 4 is 17.2 Å². The number of hydrogen-bond donors (Lipinski definition) is 0. The molecular formula is C19H20N4OS. The van der Waals surface area contributed by atoms with E-state index < -0.39 is 0 Å². The number of carbonyl (C=O) groups is 1. The molecule has 0 aliphatic carbocycles. The highest BCUT2D eigenvalue weighted by molar-refractivity contribution is 7.15. The van der Waals surface area contributed by atoms with Crippen LogP contribution in [0.3, 0.4) is 0 Å². The van der Waals surface area contributed by atoms with Gasteiger partial charge in [0.25, 0.3) is 5.91 Å². The number of thiazole rings is 1. The summed E-state index contributed by atoms with van der Waals surface area (Å²) in [6.45, 7) is 5.97. The van der Waals surface area contributed by atoms with Crippen molar-refractivity contribution < 1.29 is 4.79 Å². The topological polar surface area (TPSA) is 59.0 Å². The summed E-state index contributed by atoms with van der Waals surface area (Å²) in [4.78, 5) is 28.2. The van der Waals surface area contributed by atoms with Gasteiger partial charge in [0.1, 0.15) is 6.33 Å². The van der Waals surface area contributed by atoms with Gasteiger partial charge in [0, 0.05) is 18.8 Å². The summed E-state index contributed by atoms with van der Waals surface area (Å²) in [6, 6.07) is 9.41. The highest BCUT2D eigenvalue weighted by atomic mass is 32.1. The van der Waals surface area contributed by atoms with E-state index in [1.165, 1.54) is 6.33 Å². The average molecular weight is 352 g/mol. The van der Waals surface area contributed by atoms with Crippen LogP contribution in [0.25, 0.3) is 10.4 Å². The van der Waals surface area contributed by atoms with Crippen LogP contribution in [0.1, 0.15) is 39.7 Å². The van der Waals surface area contributed by atoms with Crippen molar-refractivity contribution in [3.63, 3.8) is 0 Å². The third-order valence-corrected chi connectivity index (χ3v) is 5.35. The van der Waals surface area contributed by atoms with Crippen LogP contribution in [0, 0.1) is 13.8 Å². The Bertz CT molecular complexity index is 874. The van der Waals surface area contributed by atoms with Gasteiger partial charge in [-0.3, -0.25) is 4.79 Å². The summed E-state index contributed by atoms with van der Waals surface area (Å²) in [5, 5.41) is 1.05. The highest BCUT2D eigenvalue weighted by Crippen LogP contribution is 2.30. The van der Waals surface area contributed by atoms with E-state index in [4.69, 9.17) is 0 Å². The second-order valence-electron chi connectivity index (χ2n) is 5.95. The lowest BCUT2D eigenvalue weighted by molar-refractivity contribution is 0.0739. The SMILES string of the molecule is Cc1nc(C)c(-c2ccc(C(=O)N(C)[C@H](C)c3ccncn3)cc2)s1. The molecule has 3 aromatic rings. The molecule has 0 saturated heterocycles. The lowest BCUT2D eigenvalue weighted by Gasteiger charge is -2.24. The predicted octanol–water partition coefficient (Wildman–Crippen LogP) is 4.05. The number of benzene rings is 1. The van der Waals surface area contributed by atoms with E-state index in [9.17, 15) is 4.79 Å².